The van der Waals surface area contributed by atoms with Gasteiger partial charge in [0.2, 0.25) is 11.7 Å². The quantitative estimate of drug-likeness (QED) is 0.503. The first-order valence-corrected chi connectivity index (χ1v) is 10.5. The van der Waals surface area contributed by atoms with Crippen molar-refractivity contribution >= 4 is 11.8 Å². The van der Waals surface area contributed by atoms with Crippen LogP contribution in [0.15, 0.2) is 54.7 Å². The molecule has 1 aliphatic heterocycles. The number of nitrogens with one attached hydrogen (secondary N) is 1. The molecule has 2 amide bonds. The normalized spacial score (nSPS) is 15.6. The molecule has 4 rings (SSSR count). The second-order valence-electron chi connectivity index (χ2n) is 8.42. The Hall–Kier alpha value is -3.85. The molecule has 2 unspecified atom stereocenters. The lowest BCUT2D eigenvalue weighted by Crippen LogP contribution is -2.50. The molecule has 0 fully saturated rings. The zero-order chi connectivity index (χ0) is 23.8. The van der Waals surface area contributed by atoms with Crippen LogP contribution in [0.3, 0.4) is 0 Å². The lowest BCUT2D eigenvalue weighted by Gasteiger charge is -2.22. The lowest BCUT2D eigenvalue weighted by molar-refractivity contribution is -0.127. The first kappa shape index (κ1) is 22.3. The summed E-state index contributed by atoms with van der Waals surface area (Å²) in [5.74, 6) is -1.22. The number of amides is 2. The minimum absolute atomic E-state index is 0.220. The van der Waals surface area contributed by atoms with Gasteiger partial charge >= 0.3 is 0 Å². The Morgan fingerprint density at radius 3 is 2.58 bits per heavy atom. The van der Waals surface area contributed by atoms with Crippen molar-refractivity contribution in [2.24, 2.45) is 12.8 Å². The summed E-state index contributed by atoms with van der Waals surface area (Å²) in [4.78, 5) is 25.0. The van der Waals surface area contributed by atoms with Crippen LogP contribution in [0.1, 0.15) is 29.8 Å². The van der Waals surface area contributed by atoms with Gasteiger partial charge in [0.25, 0.3) is 5.91 Å². The second kappa shape index (κ2) is 8.59. The smallest absolute Gasteiger partial charge is 0.255 e. The SMILES string of the molecule is Cn1cc(C(=O)NC(Cc2ccccc2)C(O)C(N)=O)c(-c2cccc3c2OC(C)(C)O3)n1. The van der Waals surface area contributed by atoms with Crippen LogP contribution in [0.2, 0.25) is 0 Å². The van der Waals surface area contributed by atoms with Crippen LogP contribution in [-0.2, 0) is 18.3 Å². The number of aliphatic hydroxyl groups is 1. The number of hydrogen-bond donors (Lipinski definition) is 3. The third kappa shape index (κ3) is 4.68. The molecule has 0 aliphatic carbocycles. The van der Waals surface area contributed by atoms with Crippen LogP contribution < -0.4 is 20.5 Å². The number of aryl methyl sites for hydroxylation is 1. The Bertz CT molecular complexity index is 1190. The number of rotatable bonds is 7. The van der Waals surface area contributed by atoms with Crippen LogP contribution in [0.25, 0.3) is 11.3 Å². The number of aliphatic hydroxyl groups excluding tert-OH is 1. The van der Waals surface area contributed by atoms with Crippen LogP contribution in [-0.4, -0.2) is 44.6 Å². The number of nitrogens with two attached hydrogens (primary N) is 1. The van der Waals surface area contributed by atoms with Crippen LogP contribution >= 0.6 is 0 Å². The Kier molecular flexibility index (Phi) is 5.82. The molecule has 0 saturated carbocycles. The van der Waals surface area contributed by atoms with Gasteiger partial charge in [0.1, 0.15) is 5.69 Å². The molecule has 4 N–H and O–H groups in total. The Balaban J connectivity index is 1.66. The van der Waals surface area contributed by atoms with Crippen molar-refractivity contribution in [1.29, 1.82) is 0 Å². The van der Waals surface area contributed by atoms with E-state index >= 15 is 0 Å². The molecule has 3 aromatic rings. The topological polar surface area (TPSA) is 129 Å². The van der Waals surface area contributed by atoms with Crippen molar-refractivity contribution in [1.82, 2.24) is 15.1 Å². The van der Waals surface area contributed by atoms with E-state index < -0.39 is 29.7 Å². The van der Waals surface area contributed by atoms with Crippen molar-refractivity contribution in [3.8, 4) is 22.8 Å². The van der Waals surface area contributed by atoms with Crippen molar-refractivity contribution < 1.29 is 24.2 Å². The number of para-hydroxylation sites is 1. The first-order valence-electron chi connectivity index (χ1n) is 10.5. The van der Waals surface area contributed by atoms with E-state index in [1.807, 2.05) is 30.3 Å². The maximum absolute atomic E-state index is 13.3. The maximum Gasteiger partial charge on any atom is 0.255 e. The molecule has 9 heteroatoms. The predicted molar refractivity (Wildman–Crippen MR) is 121 cm³/mol. The number of benzene rings is 2. The van der Waals surface area contributed by atoms with Gasteiger partial charge in [-0.2, -0.15) is 5.10 Å². The third-order valence-corrected chi connectivity index (χ3v) is 5.30. The van der Waals surface area contributed by atoms with Crippen molar-refractivity contribution in [2.75, 3.05) is 0 Å². The summed E-state index contributed by atoms with van der Waals surface area (Å²) < 4.78 is 13.3. The number of nitrogens with zero attached hydrogens (tertiary/aromatic N) is 2. The van der Waals surface area contributed by atoms with Gasteiger partial charge in [0.05, 0.1) is 11.6 Å². The summed E-state index contributed by atoms with van der Waals surface area (Å²) in [5.41, 5.74) is 7.41. The summed E-state index contributed by atoms with van der Waals surface area (Å²) in [7, 11) is 1.70. The van der Waals surface area contributed by atoms with Crippen LogP contribution in [0.4, 0.5) is 0 Å². The molecule has 0 saturated heterocycles. The van der Waals surface area contributed by atoms with Crippen molar-refractivity contribution in [2.45, 2.75) is 38.2 Å². The van der Waals surface area contributed by atoms with E-state index in [9.17, 15) is 14.7 Å². The zero-order valence-corrected chi connectivity index (χ0v) is 18.6. The van der Waals surface area contributed by atoms with E-state index in [-0.39, 0.29) is 12.0 Å². The molecule has 0 spiro atoms. The summed E-state index contributed by atoms with van der Waals surface area (Å²) >= 11 is 0. The van der Waals surface area contributed by atoms with Gasteiger partial charge < -0.3 is 25.6 Å². The fourth-order valence-electron chi connectivity index (χ4n) is 3.83. The molecule has 9 nitrogen and oxygen atoms in total. The molecule has 172 valence electrons. The van der Waals surface area contributed by atoms with E-state index in [0.717, 1.165) is 5.56 Å². The zero-order valence-electron chi connectivity index (χ0n) is 18.6. The highest BCUT2D eigenvalue weighted by atomic mass is 16.7. The largest absolute Gasteiger partial charge is 0.449 e. The van der Waals surface area contributed by atoms with Gasteiger partial charge in [0.15, 0.2) is 17.6 Å². The number of aromatic nitrogens is 2. The molecule has 2 atom stereocenters. The lowest BCUT2D eigenvalue weighted by atomic mass is 9.99. The molecule has 2 heterocycles. The van der Waals surface area contributed by atoms with Crippen LogP contribution in [0, 0.1) is 0 Å². The van der Waals surface area contributed by atoms with Gasteiger partial charge in [-0.3, -0.25) is 14.3 Å². The van der Waals surface area contributed by atoms with Crippen molar-refractivity contribution in [3.05, 3.63) is 65.9 Å². The fourth-order valence-corrected chi connectivity index (χ4v) is 3.83. The minimum Gasteiger partial charge on any atom is -0.449 e. The standard InChI is InChI=1S/C24H26N4O5/c1-24(2)32-18-11-7-10-15(21(18)33-24)19-16(13-28(3)27-19)23(31)26-17(20(29)22(25)30)12-14-8-5-4-6-9-14/h4-11,13,17,20,29H,12H2,1-3H3,(H2,25,30)(H,26,31). The van der Waals surface area contributed by atoms with E-state index in [2.05, 4.69) is 10.4 Å². The Labute approximate surface area is 191 Å². The highest BCUT2D eigenvalue weighted by Crippen LogP contribution is 2.46. The number of hydrogen-bond acceptors (Lipinski definition) is 6. The number of ether oxygens (including phenoxy) is 2. The molecule has 1 aliphatic rings. The Morgan fingerprint density at radius 2 is 1.88 bits per heavy atom. The summed E-state index contributed by atoms with van der Waals surface area (Å²) in [5, 5.41) is 17.6. The van der Waals surface area contributed by atoms with E-state index in [0.29, 0.717) is 22.8 Å². The average Bonchev–Trinajstić information content (AvgIpc) is 3.31. The molecule has 1 aromatic heterocycles. The first-order chi connectivity index (χ1) is 15.6. The molecule has 2 aromatic carbocycles. The molecular weight excluding hydrogens is 424 g/mol. The van der Waals surface area contributed by atoms with Gasteiger partial charge in [-0.05, 0) is 24.1 Å². The fraction of sp³-hybridized carbons (Fsp3) is 0.292. The number of carbonyl (C=O) groups is 2. The third-order valence-electron chi connectivity index (χ3n) is 5.30. The molecular formula is C24H26N4O5. The predicted octanol–water partition coefficient (Wildman–Crippen LogP) is 1.78. The van der Waals surface area contributed by atoms with E-state index in [1.54, 1.807) is 45.3 Å². The highest BCUT2D eigenvalue weighted by molar-refractivity contribution is 6.01. The number of carbonyl (C=O) groups excluding carboxylic acids is 2. The van der Waals surface area contributed by atoms with Crippen LogP contribution in [0.5, 0.6) is 11.5 Å². The molecule has 0 bridgehead atoms. The van der Waals surface area contributed by atoms with E-state index in [4.69, 9.17) is 15.2 Å². The highest BCUT2D eigenvalue weighted by Gasteiger charge is 2.35. The van der Waals surface area contributed by atoms with Crippen molar-refractivity contribution in [3.63, 3.8) is 0 Å². The van der Waals surface area contributed by atoms with Gasteiger partial charge in [-0.15, -0.1) is 0 Å². The number of fused-ring (bicyclic) bond motifs is 1. The summed E-state index contributed by atoms with van der Waals surface area (Å²) in [6.07, 6.45) is 0.229. The molecule has 33 heavy (non-hydrogen) atoms. The summed E-state index contributed by atoms with van der Waals surface area (Å²) in [6, 6.07) is 13.7. The van der Waals surface area contributed by atoms with Gasteiger partial charge in [-0.25, -0.2) is 0 Å². The molecule has 0 radical (unpaired) electrons. The van der Waals surface area contributed by atoms with Gasteiger partial charge in [0, 0.05) is 32.7 Å². The summed E-state index contributed by atoms with van der Waals surface area (Å²) in [6.45, 7) is 3.59. The number of primary amides is 1. The maximum atomic E-state index is 13.3. The monoisotopic (exact) mass is 450 g/mol. The van der Waals surface area contributed by atoms with E-state index in [1.165, 1.54) is 4.68 Å². The Morgan fingerprint density at radius 1 is 1.15 bits per heavy atom. The minimum atomic E-state index is -1.56. The second-order valence-corrected chi connectivity index (χ2v) is 8.42. The van der Waals surface area contributed by atoms with Gasteiger partial charge in [-0.1, -0.05) is 36.4 Å². The average molecular weight is 450 g/mol.